The number of halogens is 1. The van der Waals surface area contributed by atoms with E-state index in [4.69, 9.17) is 0 Å². The number of aromatic nitrogens is 2. The number of benzene rings is 2. The molecule has 36 heavy (non-hydrogen) atoms. The van der Waals surface area contributed by atoms with Gasteiger partial charge in [-0.25, -0.2) is 4.39 Å². The smallest absolute Gasteiger partial charge is 0.258 e. The number of nitrogens with one attached hydrogen (secondary N) is 3. The maximum absolute atomic E-state index is 14.3. The lowest BCUT2D eigenvalue weighted by Gasteiger charge is -2.33. The molecule has 3 N–H and O–H groups in total. The molecule has 5 rings (SSSR count). The summed E-state index contributed by atoms with van der Waals surface area (Å²) in [6, 6.07) is 14.8. The van der Waals surface area contributed by atoms with Gasteiger partial charge in [-0.2, -0.15) is 4.98 Å². The number of piperidine rings is 1. The molecule has 1 saturated heterocycles. The van der Waals surface area contributed by atoms with Crippen LogP contribution in [0.25, 0.3) is 0 Å². The van der Waals surface area contributed by atoms with Crippen molar-refractivity contribution in [2.45, 2.75) is 38.5 Å². The first-order valence-corrected chi connectivity index (χ1v) is 12.2. The van der Waals surface area contributed by atoms with Crippen molar-refractivity contribution in [3.63, 3.8) is 0 Å². The van der Waals surface area contributed by atoms with Crippen LogP contribution in [-0.2, 0) is 16.0 Å². The van der Waals surface area contributed by atoms with Gasteiger partial charge in [-0.15, -0.1) is 0 Å². The molecule has 2 aromatic carbocycles. The van der Waals surface area contributed by atoms with E-state index >= 15 is 0 Å². The summed E-state index contributed by atoms with van der Waals surface area (Å²) in [5.74, 6) is -1.70. The maximum atomic E-state index is 14.3. The molecule has 8 nitrogen and oxygen atoms in total. The van der Waals surface area contributed by atoms with E-state index in [9.17, 15) is 18.8 Å². The molecule has 0 unspecified atom stereocenters. The molecule has 9 heteroatoms. The van der Waals surface area contributed by atoms with Crippen molar-refractivity contribution >= 4 is 29.3 Å². The normalized spacial score (nSPS) is 17.9. The van der Waals surface area contributed by atoms with E-state index in [1.165, 1.54) is 17.7 Å². The molecule has 0 bridgehead atoms. The van der Waals surface area contributed by atoms with Gasteiger partial charge in [-0.05, 0) is 55.4 Å². The third-order valence-electron chi connectivity index (χ3n) is 6.92. The van der Waals surface area contributed by atoms with Gasteiger partial charge in [0.05, 0.1) is 17.2 Å². The van der Waals surface area contributed by atoms with Gasteiger partial charge in [0.25, 0.3) is 5.56 Å². The predicted octanol–water partition coefficient (Wildman–Crippen LogP) is 3.74. The number of rotatable bonds is 5. The molecule has 1 fully saturated rings. The fourth-order valence-electron chi connectivity index (χ4n) is 4.97. The average molecular weight is 490 g/mol. The quantitative estimate of drug-likeness (QED) is 0.506. The molecule has 3 aromatic rings. The van der Waals surface area contributed by atoms with Crippen molar-refractivity contribution in [1.82, 2.24) is 9.97 Å². The van der Waals surface area contributed by atoms with Crippen LogP contribution in [0.1, 0.15) is 41.9 Å². The number of hydrogen-bond donors (Lipinski definition) is 3. The molecule has 2 amide bonds. The number of hydrogen-bond acceptors (Lipinski definition) is 5. The zero-order valence-electron chi connectivity index (χ0n) is 20.0. The Bertz CT molecular complexity index is 1350. The standard InChI is InChI=1S/C27H28FN5O3/c1-16-7-8-21(20(28)13-16)29-25(35)19-15-22(34)30-24-23(19)26(36)32-27(31-24)33-11-9-18(10-12-33)14-17-5-3-2-4-6-17/h2-8,13,18-19H,9-12,14-15H2,1H3,(H,29,35)(H2,30,31,32,34,36)/t19-/m1/s1. The number of fused-ring (bicyclic) bond motifs is 1. The highest BCUT2D eigenvalue weighted by atomic mass is 19.1. The fourth-order valence-corrected chi connectivity index (χ4v) is 4.97. The van der Waals surface area contributed by atoms with E-state index in [1.54, 1.807) is 13.0 Å². The third kappa shape index (κ3) is 5.00. The molecule has 2 aliphatic rings. The highest BCUT2D eigenvalue weighted by Gasteiger charge is 2.35. The Hall–Kier alpha value is -4.01. The molecular weight excluding hydrogens is 461 g/mol. The summed E-state index contributed by atoms with van der Waals surface area (Å²) in [7, 11) is 0. The number of nitrogens with zero attached hydrogens (tertiary/aromatic N) is 2. The number of H-pyrrole nitrogens is 1. The number of anilines is 3. The highest BCUT2D eigenvalue weighted by Crippen LogP contribution is 2.31. The van der Waals surface area contributed by atoms with Gasteiger partial charge in [0, 0.05) is 19.5 Å². The van der Waals surface area contributed by atoms with E-state index in [2.05, 4.69) is 32.7 Å². The van der Waals surface area contributed by atoms with Crippen LogP contribution in [0.3, 0.4) is 0 Å². The summed E-state index contributed by atoms with van der Waals surface area (Å²) in [5, 5.41) is 5.15. The van der Waals surface area contributed by atoms with Crippen molar-refractivity contribution < 1.29 is 14.0 Å². The van der Waals surface area contributed by atoms with Crippen LogP contribution in [0.5, 0.6) is 0 Å². The molecule has 186 valence electrons. The molecule has 0 saturated carbocycles. The van der Waals surface area contributed by atoms with Crippen LogP contribution in [0.2, 0.25) is 0 Å². The van der Waals surface area contributed by atoms with Gasteiger partial charge in [-0.1, -0.05) is 36.4 Å². The topological polar surface area (TPSA) is 107 Å². The molecule has 0 radical (unpaired) electrons. The lowest BCUT2D eigenvalue weighted by Crippen LogP contribution is -2.40. The second-order valence-electron chi connectivity index (χ2n) is 9.55. The number of carbonyl (C=O) groups excluding carboxylic acids is 2. The number of carbonyl (C=O) groups is 2. The average Bonchev–Trinajstić information content (AvgIpc) is 2.86. The summed E-state index contributed by atoms with van der Waals surface area (Å²) in [5.41, 5.74) is 1.63. The first-order chi connectivity index (χ1) is 17.4. The van der Waals surface area contributed by atoms with Crippen molar-refractivity contribution in [3.05, 3.63) is 81.4 Å². The van der Waals surface area contributed by atoms with Crippen LogP contribution in [0, 0.1) is 18.7 Å². The summed E-state index contributed by atoms with van der Waals surface area (Å²) >= 11 is 0. The van der Waals surface area contributed by atoms with Crippen LogP contribution in [0.15, 0.2) is 53.3 Å². The predicted molar refractivity (Wildman–Crippen MR) is 136 cm³/mol. The van der Waals surface area contributed by atoms with E-state index in [1.807, 2.05) is 23.1 Å². The van der Waals surface area contributed by atoms with Crippen molar-refractivity contribution in [2.75, 3.05) is 28.6 Å². The second-order valence-corrected chi connectivity index (χ2v) is 9.55. The first-order valence-electron chi connectivity index (χ1n) is 12.2. The Kier molecular flexibility index (Phi) is 6.54. The Balaban J connectivity index is 1.32. The summed E-state index contributed by atoms with van der Waals surface area (Å²) in [6.45, 7) is 3.19. The molecule has 0 spiro atoms. The summed E-state index contributed by atoms with van der Waals surface area (Å²) < 4.78 is 14.3. The van der Waals surface area contributed by atoms with E-state index in [-0.39, 0.29) is 23.5 Å². The number of aryl methyl sites for hydroxylation is 1. The fraction of sp³-hybridized carbons (Fsp3) is 0.333. The minimum absolute atomic E-state index is 0.00230. The van der Waals surface area contributed by atoms with Crippen molar-refractivity contribution in [3.8, 4) is 0 Å². The number of aromatic amines is 1. The second kappa shape index (κ2) is 9.93. The van der Waals surface area contributed by atoms with Crippen LogP contribution < -0.4 is 21.1 Å². The minimum Gasteiger partial charge on any atom is -0.342 e. The molecule has 1 atom stereocenters. The SMILES string of the molecule is Cc1ccc(NC(=O)[C@@H]2CC(=O)Nc3nc(N4CCC(Cc5ccccc5)CC4)[nH]c(=O)c32)c(F)c1. The lowest BCUT2D eigenvalue weighted by atomic mass is 9.90. The molecule has 1 aromatic heterocycles. The van der Waals surface area contributed by atoms with Crippen LogP contribution in [-0.4, -0.2) is 34.9 Å². The lowest BCUT2D eigenvalue weighted by molar-refractivity contribution is -0.123. The Morgan fingerprint density at radius 2 is 1.89 bits per heavy atom. The minimum atomic E-state index is -1.07. The highest BCUT2D eigenvalue weighted by molar-refractivity contribution is 6.04. The Morgan fingerprint density at radius 3 is 2.61 bits per heavy atom. The Labute approximate surface area is 207 Å². The van der Waals surface area contributed by atoms with Crippen LogP contribution in [0.4, 0.5) is 21.8 Å². The molecular formula is C27H28FN5O3. The molecule has 0 aliphatic carbocycles. The summed E-state index contributed by atoms with van der Waals surface area (Å²) in [6.07, 6.45) is 2.70. The van der Waals surface area contributed by atoms with Crippen molar-refractivity contribution in [2.24, 2.45) is 5.92 Å². The largest absolute Gasteiger partial charge is 0.342 e. The molecule has 3 heterocycles. The van der Waals surface area contributed by atoms with E-state index in [0.717, 1.165) is 32.4 Å². The van der Waals surface area contributed by atoms with Gasteiger partial charge in [-0.3, -0.25) is 19.4 Å². The van der Waals surface area contributed by atoms with Crippen molar-refractivity contribution in [1.29, 1.82) is 0 Å². The zero-order chi connectivity index (χ0) is 25.2. The van der Waals surface area contributed by atoms with Gasteiger partial charge in [0.2, 0.25) is 17.8 Å². The van der Waals surface area contributed by atoms with Gasteiger partial charge >= 0.3 is 0 Å². The number of amides is 2. The van der Waals surface area contributed by atoms with Gasteiger partial charge in [0.15, 0.2) is 0 Å². The molecule has 2 aliphatic heterocycles. The third-order valence-corrected chi connectivity index (χ3v) is 6.92. The van der Waals surface area contributed by atoms with E-state index in [0.29, 0.717) is 17.4 Å². The first kappa shape index (κ1) is 23.7. The van der Waals surface area contributed by atoms with Crippen LogP contribution >= 0.6 is 0 Å². The zero-order valence-corrected chi connectivity index (χ0v) is 20.0. The van der Waals surface area contributed by atoms with E-state index < -0.39 is 29.1 Å². The van der Waals surface area contributed by atoms with Gasteiger partial charge < -0.3 is 15.5 Å². The monoisotopic (exact) mass is 489 g/mol. The summed E-state index contributed by atoms with van der Waals surface area (Å²) in [4.78, 5) is 47.8. The Morgan fingerprint density at radius 1 is 1.14 bits per heavy atom. The maximum Gasteiger partial charge on any atom is 0.258 e. The van der Waals surface area contributed by atoms with Gasteiger partial charge in [0.1, 0.15) is 11.6 Å².